The average Bonchev–Trinajstić information content (AvgIpc) is 2.55. The summed E-state index contributed by atoms with van der Waals surface area (Å²) < 4.78 is 0. The number of hydrogen-bond acceptors (Lipinski definition) is 3. The zero-order valence-corrected chi connectivity index (χ0v) is 8.16. The van der Waals surface area contributed by atoms with Crippen molar-refractivity contribution < 1.29 is 0 Å². The van der Waals surface area contributed by atoms with Gasteiger partial charge in [-0.3, -0.25) is 0 Å². The summed E-state index contributed by atoms with van der Waals surface area (Å²) in [4.78, 5) is 8.99. The van der Waals surface area contributed by atoms with Gasteiger partial charge in [-0.25, -0.2) is 9.97 Å². The molecule has 0 radical (unpaired) electrons. The normalized spacial score (nSPS) is 8.91. The van der Waals surface area contributed by atoms with Gasteiger partial charge in [-0.15, -0.1) is 20.6 Å². The molecule has 0 amide bonds. The Morgan fingerprint density at radius 1 is 1.45 bits per heavy atom. The molecule has 11 heavy (non-hydrogen) atoms. The molecular weight excluding hydrogens is 175 g/mol. The quantitative estimate of drug-likeness (QED) is 0.586. The minimum absolute atomic E-state index is 1.06. The zero-order chi connectivity index (χ0) is 8.10. The number of aromatic nitrogens is 2. The van der Waals surface area contributed by atoms with E-state index in [0.29, 0.717) is 0 Å². The summed E-state index contributed by atoms with van der Waals surface area (Å²) >= 11 is 1.64. The van der Waals surface area contributed by atoms with Crippen molar-refractivity contribution in [3.63, 3.8) is 0 Å². The Hall–Kier alpha value is -0.530. The minimum Gasteiger partial charge on any atom is -0.244 e. The summed E-state index contributed by atoms with van der Waals surface area (Å²) in [5, 5.41) is 3.14. The highest BCUT2D eigenvalue weighted by atomic mass is 32.1. The van der Waals surface area contributed by atoms with Gasteiger partial charge in [0.2, 0.25) is 0 Å². The summed E-state index contributed by atoms with van der Waals surface area (Å²) in [5.74, 6) is 0. The highest BCUT2D eigenvalue weighted by Crippen LogP contribution is 2.14. The molecule has 0 aliphatic heterocycles. The molecule has 58 valence electrons. The third kappa shape index (κ3) is 1.95. The van der Waals surface area contributed by atoms with E-state index in [2.05, 4.69) is 19.2 Å². The fourth-order valence-corrected chi connectivity index (χ4v) is 1.42. The summed E-state index contributed by atoms with van der Waals surface area (Å²) in [6, 6.07) is 2.01. The van der Waals surface area contributed by atoms with Crippen molar-refractivity contribution in [2.75, 3.05) is 6.66 Å². The molecule has 2 heterocycles. The van der Waals surface area contributed by atoms with E-state index in [0.717, 1.165) is 10.2 Å². The predicted octanol–water partition coefficient (Wildman–Crippen LogP) is 2.18. The lowest BCUT2D eigenvalue weighted by Gasteiger charge is -1.81. The van der Waals surface area contributed by atoms with E-state index < -0.39 is 0 Å². The predicted molar refractivity (Wildman–Crippen MR) is 53.0 cm³/mol. The van der Waals surface area contributed by atoms with Crippen LogP contribution in [0, 0.1) is 0 Å². The van der Waals surface area contributed by atoms with E-state index in [1.807, 2.05) is 24.3 Å². The van der Waals surface area contributed by atoms with Gasteiger partial charge in [-0.05, 0) is 11.4 Å². The molecule has 0 saturated heterocycles. The van der Waals surface area contributed by atoms with Crippen LogP contribution in [0.15, 0.2) is 24.0 Å². The summed E-state index contributed by atoms with van der Waals surface area (Å²) in [6.45, 7) is 1.92. The largest absolute Gasteiger partial charge is 0.244 e. The summed E-state index contributed by atoms with van der Waals surface area (Å²) in [5.41, 5.74) is 0. The van der Waals surface area contributed by atoms with Crippen molar-refractivity contribution in [2.45, 2.75) is 0 Å². The van der Waals surface area contributed by atoms with Gasteiger partial charge in [-0.2, -0.15) is 0 Å². The molecule has 0 saturated carbocycles. The molecule has 0 fully saturated rings. The van der Waals surface area contributed by atoms with Gasteiger partial charge in [0.15, 0.2) is 0 Å². The van der Waals surface area contributed by atoms with Crippen LogP contribution in [-0.4, -0.2) is 16.6 Å². The maximum Gasteiger partial charge on any atom is 0.126 e. The molecule has 2 aromatic rings. The number of thiophene rings is 1. The van der Waals surface area contributed by atoms with E-state index in [-0.39, 0.29) is 0 Å². The first-order valence-electron chi connectivity index (χ1n) is 3.18. The lowest BCUT2D eigenvalue weighted by molar-refractivity contribution is 1.23. The first kappa shape index (κ1) is 8.57. The number of fused-ring (bicyclic) bond motifs is 1. The van der Waals surface area contributed by atoms with Crippen LogP contribution in [0.5, 0.6) is 0 Å². The van der Waals surface area contributed by atoms with Crippen molar-refractivity contribution in [1.29, 1.82) is 0 Å². The Labute approximate surface area is 71.9 Å². The Morgan fingerprint density at radius 3 is 3.00 bits per heavy atom. The van der Waals surface area contributed by atoms with Crippen molar-refractivity contribution in [3.8, 4) is 0 Å². The third-order valence-corrected chi connectivity index (χ3v) is 1.97. The zero-order valence-electron chi connectivity index (χ0n) is 6.19. The highest BCUT2D eigenvalue weighted by Gasteiger charge is 1.90. The maximum absolute atomic E-state index is 4.05. The standard InChI is InChI=1S/C6H4N2S.CH5P/c1-2-9-6-5(1)3-7-4-8-6;1-2/h1-4H;2H2,1H3. The van der Waals surface area contributed by atoms with Crippen LogP contribution in [0.4, 0.5) is 0 Å². The highest BCUT2D eigenvalue weighted by molar-refractivity contribution is 7.16. The fraction of sp³-hybridized carbons (Fsp3) is 0.143. The maximum atomic E-state index is 4.05. The molecule has 2 rings (SSSR count). The van der Waals surface area contributed by atoms with Crippen LogP contribution in [0.25, 0.3) is 10.2 Å². The van der Waals surface area contributed by atoms with Crippen LogP contribution in [-0.2, 0) is 0 Å². The van der Waals surface area contributed by atoms with Gasteiger partial charge in [0, 0.05) is 11.6 Å². The monoisotopic (exact) mass is 184 g/mol. The number of rotatable bonds is 0. The molecule has 0 aromatic carbocycles. The Morgan fingerprint density at radius 2 is 2.27 bits per heavy atom. The number of nitrogens with zero attached hydrogens (tertiary/aromatic N) is 2. The molecular formula is C7H9N2PS. The number of hydrogen-bond donors (Lipinski definition) is 0. The van der Waals surface area contributed by atoms with Gasteiger partial charge in [0.1, 0.15) is 11.2 Å². The molecule has 0 N–H and O–H groups in total. The molecule has 0 aliphatic carbocycles. The van der Waals surface area contributed by atoms with Gasteiger partial charge in [0.25, 0.3) is 0 Å². The van der Waals surface area contributed by atoms with E-state index in [1.165, 1.54) is 0 Å². The van der Waals surface area contributed by atoms with Crippen molar-refractivity contribution in [2.24, 2.45) is 0 Å². The van der Waals surface area contributed by atoms with Crippen LogP contribution in [0.2, 0.25) is 0 Å². The van der Waals surface area contributed by atoms with Crippen molar-refractivity contribution >= 4 is 30.8 Å². The van der Waals surface area contributed by atoms with Crippen LogP contribution < -0.4 is 0 Å². The summed E-state index contributed by atoms with van der Waals surface area (Å²) in [7, 11) is 2.42. The fourth-order valence-electron chi connectivity index (χ4n) is 0.714. The third-order valence-electron chi connectivity index (χ3n) is 1.13. The van der Waals surface area contributed by atoms with Crippen molar-refractivity contribution in [1.82, 2.24) is 9.97 Å². The van der Waals surface area contributed by atoms with E-state index in [4.69, 9.17) is 0 Å². The lowest BCUT2D eigenvalue weighted by Crippen LogP contribution is -1.71. The SMILES string of the molecule is CP.c1ncc2ccsc2n1. The molecule has 0 bridgehead atoms. The molecule has 1 unspecified atom stereocenters. The second-order valence-corrected chi connectivity index (χ2v) is 2.60. The first-order valence-corrected chi connectivity index (χ1v) is 5.21. The molecule has 2 aromatic heterocycles. The molecule has 1 atom stereocenters. The van der Waals surface area contributed by atoms with Gasteiger partial charge in [-0.1, -0.05) is 6.66 Å². The van der Waals surface area contributed by atoms with Gasteiger partial charge in [0.05, 0.1) is 0 Å². The summed E-state index contributed by atoms with van der Waals surface area (Å²) in [6.07, 6.45) is 3.39. The van der Waals surface area contributed by atoms with E-state index >= 15 is 0 Å². The topological polar surface area (TPSA) is 25.8 Å². The molecule has 2 nitrogen and oxygen atoms in total. The van der Waals surface area contributed by atoms with Gasteiger partial charge >= 0.3 is 0 Å². The molecule has 0 spiro atoms. The van der Waals surface area contributed by atoms with E-state index in [1.54, 1.807) is 17.7 Å². The second-order valence-electron chi connectivity index (χ2n) is 1.70. The van der Waals surface area contributed by atoms with Gasteiger partial charge < -0.3 is 0 Å². The first-order chi connectivity index (χ1) is 5.47. The lowest BCUT2D eigenvalue weighted by atomic mass is 10.4. The van der Waals surface area contributed by atoms with E-state index in [9.17, 15) is 0 Å². The minimum atomic E-state index is 1.06. The Kier molecular flexibility index (Phi) is 3.40. The Bertz CT molecular complexity index is 290. The van der Waals surface area contributed by atoms with Crippen LogP contribution in [0.1, 0.15) is 0 Å². The molecule has 4 heteroatoms. The van der Waals surface area contributed by atoms with Crippen molar-refractivity contribution in [3.05, 3.63) is 24.0 Å². The smallest absolute Gasteiger partial charge is 0.126 e. The second kappa shape index (κ2) is 4.37. The Balaban J connectivity index is 0.000000281. The van der Waals surface area contributed by atoms with Crippen LogP contribution >= 0.6 is 20.6 Å². The van der Waals surface area contributed by atoms with Crippen LogP contribution in [0.3, 0.4) is 0 Å². The molecule has 0 aliphatic rings. The average molecular weight is 184 g/mol.